The molecule has 0 N–H and O–H groups in total. The van der Waals surface area contributed by atoms with Gasteiger partial charge < -0.3 is 4.74 Å². The van der Waals surface area contributed by atoms with Crippen LogP contribution in [0, 0.1) is 10.1 Å². The highest BCUT2D eigenvalue weighted by atomic mass is 32.1. The van der Waals surface area contributed by atoms with E-state index in [0.717, 1.165) is 10.2 Å². The topological polar surface area (TPSA) is 85.6 Å². The first-order valence-corrected chi connectivity index (χ1v) is 10.5. The molecule has 4 aromatic rings. The Morgan fingerprint density at radius 2 is 1.77 bits per heavy atom. The van der Waals surface area contributed by atoms with Crippen LogP contribution in [-0.2, 0) is 11.2 Å². The zero-order valence-corrected chi connectivity index (χ0v) is 17.5. The molecule has 8 heteroatoms. The van der Waals surface area contributed by atoms with Crippen LogP contribution in [-0.4, -0.2) is 22.4 Å². The summed E-state index contributed by atoms with van der Waals surface area (Å²) >= 11 is 1.39. The van der Waals surface area contributed by atoms with Crippen molar-refractivity contribution in [1.29, 1.82) is 0 Å². The van der Waals surface area contributed by atoms with Crippen LogP contribution in [0.15, 0.2) is 72.8 Å². The number of thiazole rings is 1. The van der Waals surface area contributed by atoms with Gasteiger partial charge in [-0.15, -0.1) is 0 Å². The molecule has 1 aromatic heterocycles. The van der Waals surface area contributed by atoms with Gasteiger partial charge in [-0.05, 0) is 43.3 Å². The molecule has 0 saturated heterocycles. The Kier molecular flexibility index (Phi) is 5.90. The maximum absolute atomic E-state index is 13.4. The number of anilines is 2. The first kappa shape index (κ1) is 20.5. The third-order valence-electron chi connectivity index (χ3n) is 4.66. The number of nitro benzene ring substituents is 1. The summed E-state index contributed by atoms with van der Waals surface area (Å²) in [6, 6.07) is 21.1. The van der Waals surface area contributed by atoms with Crippen LogP contribution in [0.1, 0.15) is 12.5 Å². The van der Waals surface area contributed by atoms with E-state index in [0.29, 0.717) is 28.7 Å². The fourth-order valence-corrected chi connectivity index (χ4v) is 4.26. The van der Waals surface area contributed by atoms with Crippen molar-refractivity contribution >= 4 is 44.0 Å². The van der Waals surface area contributed by atoms with Gasteiger partial charge in [-0.1, -0.05) is 41.7 Å². The molecule has 0 fully saturated rings. The van der Waals surface area contributed by atoms with E-state index in [1.54, 1.807) is 42.5 Å². The van der Waals surface area contributed by atoms with Gasteiger partial charge >= 0.3 is 0 Å². The Balaban J connectivity index is 1.74. The highest BCUT2D eigenvalue weighted by Gasteiger charge is 2.25. The predicted octanol–water partition coefficient (Wildman–Crippen LogP) is 5.51. The van der Waals surface area contributed by atoms with Crippen LogP contribution < -0.4 is 9.64 Å². The lowest BCUT2D eigenvalue weighted by molar-refractivity contribution is -0.385. The summed E-state index contributed by atoms with van der Waals surface area (Å²) in [5.41, 5.74) is 1.68. The number of fused-ring (bicyclic) bond motifs is 1. The SMILES string of the molecule is CCOc1ccc(N(C(=O)Cc2ccccc2[N+](=O)[O-])c2nc3ccccc3s2)cc1. The Morgan fingerprint density at radius 3 is 2.48 bits per heavy atom. The van der Waals surface area contributed by atoms with Crippen LogP contribution in [0.3, 0.4) is 0 Å². The minimum atomic E-state index is -0.471. The predicted molar refractivity (Wildman–Crippen MR) is 121 cm³/mol. The lowest BCUT2D eigenvalue weighted by Gasteiger charge is -2.20. The van der Waals surface area contributed by atoms with Gasteiger partial charge in [0, 0.05) is 11.6 Å². The van der Waals surface area contributed by atoms with E-state index < -0.39 is 4.92 Å². The van der Waals surface area contributed by atoms with Gasteiger partial charge in [-0.25, -0.2) is 4.98 Å². The number of carbonyl (C=O) groups excluding carboxylic acids is 1. The summed E-state index contributed by atoms with van der Waals surface area (Å²) in [4.78, 5) is 30.5. The first-order valence-electron chi connectivity index (χ1n) is 9.70. The molecular formula is C23H19N3O4S. The number of ether oxygens (including phenoxy) is 1. The summed E-state index contributed by atoms with van der Waals surface area (Å²) in [6.45, 7) is 2.44. The van der Waals surface area contributed by atoms with Gasteiger partial charge in [0.1, 0.15) is 5.75 Å². The number of carbonyl (C=O) groups is 1. The Morgan fingerprint density at radius 1 is 1.06 bits per heavy atom. The average Bonchev–Trinajstić information content (AvgIpc) is 3.19. The third-order valence-corrected chi connectivity index (χ3v) is 5.68. The fraction of sp³-hybridized carbons (Fsp3) is 0.130. The number of hydrogen-bond acceptors (Lipinski definition) is 6. The minimum absolute atomic E-state index is 0.0770. The molecular weight excluding hydrogens is 414 g/mol. The Labute approximate surface area is 182 Å². The standard InChI is InChI=1S/C23H19N3O4S/c1-2-30-18-13-11-17(12-14-18)25(23-24-19-8-4-6-10-21(19)31-23)22(27)15-16-7-3-5-9-20(16)26(28)29/h3-14H,2,15H2,1H3. The van der Waals surface area contributed by atoms with Gasteiger partial charge in [0.15, 0.2) is 5.13 Å². The van der Waals surface area contributed by atoms with E-state index >= 15 is 0 Å². The zero-order valence-electron chi connectivity index (χ0n) is 16.7. The number of rotatable bonds is 7. The van der Waals surface area contributed by atoms with Crippen LogP contribution in [0.5, 0.6) is 5.75 Å². The molecule has 1 amide bonds. The van der Waals surface area contributed by atoms with E-state index in [1.165, 1.54) is 22.3 Å². The van der Waals surface area contributed by atoms with Gasteiger partial charge in [0.05, 0.1) is 33.9 Å². The van der Waals surface area contributed by atoms with Crippen LogP contribution in [0.25, 0.3) is 10.2 Å². The van der Waals surface area contributed by atoms with Crippen molar-refractivity contribution in [3.8, 4) is 5.75 Å². The largest absolute Gasteiger partial charge is 0.494 e. The summed E-state index contributed by atoms with van der Waals surface area (Å²) in [5.74, 6) is 0.388. The number of amides is 1. The molecule has 3 aromatic carbocycles. The normalized spacial score (nSPS) is 10.7. The second-order valence-electron chi connectivity index (χ2n) is 6.68. The number of aromatic nitrogens is 1. The Bertz CT molecular complexity index is 1200. The molecule has 4 rings (SSSR count). The zero-order chi connectivity index (χ0) is 21.8. The molecule has 0 bridgehead atoms. The van der Waals surface area contributed by atoms with Gasteiger partial charge in [-0.2, -0.15) is 0 Å². The molecule has 0 unspecified atom stereocenters. The highest BCUT2D eigenvalue weighted by Crippen LogP contribution is 2.35. The molecule has 0 aliphatic carbocycles. The lowest BCUT2D eigenvalue weighted by atomic mass is 10.1. The molecule has 0 aliphatic heterocycles. The number of hydrogen-bond donors (Lipinski definition) is 0. The van der Waals surface area contributed by atoms with Crippen LogP contribution >= 0.6 is 11.3 Å². The molecule has 1 heterocycles. The van der Waals surface area contributed by atoms with Gasteiger partial charge in [-0.3, -0.25) is 19.8 Å². The first-order chi connectivity index (χ1) is 15.1. The molecule has 0 saturated carbocycles. The van der Waals surface area contributed by atoms with Crippen LogP contribution in [0.4, 0.5) is 16.5 Å². The van der Waals surface area contributed by atoms with Crippen molar-refractivity contribution in [3.05, 3.63) is 88.5 Å². The van der Waals surface area contributed by atoms with Crippen molar-refractivity contribution in [1.82, 2.24) is 4.98 Å². The van der Waals surface area contributed by atoms with E-state index in [1.807, 2.05) is 31.2 Å². The quantitative estimate of drug-likeness (QED) is 0.283. The van der Waals surface area contributed by atoms with E-state index in [-0.39, 0.29) is 18.0 Å². The van der Waals surface area contributed by atoms with Crippen molar-refractivity contribution in [3.63, 3.8) is 0 Å². The highest BCUT2D eigenvalue weighted by molar-refractivity contribution is 7.22. The average molecular weight is 433 g/mol. The molecule has 0 spiro atoms. The van der Waals surface area contributed by atoms with Crippen molar-refractivity contribution in [2.24, 2.45) is 0 Å². The molecule has 0 atom stereocenters. The number of nitrogens with zero attached hydrogens (tertiary/aromatic N) is 3. The smallest absolute Gasteiger partial charge is 0.273 e. The van der Waals surface area contributed by atoms with Crippen molar-refractivity contribution in [2.45, 2.75) is 13.3 Å². The van der Waals surface area contributed by atoms with Crippen molar-refractivity contribution in [2.75, 3.05) is 11.5 Å². The molecule has 156 valence electrons. The summed E-state index contributed by atoms with van der Waals surface area (Å²) in [5, 5.41) is 11.9. The van der Waals surface area contributed by atoms with Gasteiger partial charge in [0.25, 0.3) is 5.69 Å². The van der Waals surface area contributed by atoms with E-state index in [9.17, 15) is 14.9 Å². The minimum Gasteiger partial charge on any atom is -0.494 e. The molecule has 31 heavy (non-hydrogen) atoms. The molecule has 0 radical (unpaired) electrons. The third kappa shape index (κ3) is 4.39. The lowest BCUT2D eigenvalue weighted by Crippen LogP contribution is -2.27. The van der Waals surface area contributed by atoms with E-state index in [4.69, 9.17) is 4.74 Å². The summed E-state index contributed by atoms with van der Waals surface area (Å²) < 4.78 is 6.45. The maximum Gasteiger partial charge on any atom is 0.273 e. The monoisotopic (exact) mass is 433 g/mol. The number of benzene rings is 3. The second kappa shape index (κ2) is 8.93. The maximum atomic E-state index is 13.4. The number of para-hydroxylation sites is 2. The molecule has 0 aliphatic rings. The van der Waals surface area contributed by atoms with Gasteiger partial charge in [0.2, 0.25) is 5.91 Å². The van der Waals surface area contributed by atoms with Crippen LogP contribution in [0.2, 0.25) is 0 Å². The second-order valence-corrected chi connectivity index (χ2v) is 7.69. The molecule has 7 nitrogen and oxygen atoms in total. The summed E-state index contributed by atoms with van der Waals surface area (Å²) in [6.07, 6.45) is -0.125. The van der Waals surface area contributed by atoms with Crippen molar-refractivity contribution < 1.29 is 14.5 Å². The fourth-order valence-electron chi connectivity index (χ4n) is 3.26. The van der Waals surface area contributed by atoms with E-state index in [2.05, 4.69) is 4.98 Å². The summed E-state index contributed by atoms with van der Waals surface area (Å²) in [7, 11) is 0. The number of nitro groups is 1. The Hall–Kier alpha value is -3.78.